The molecule has 10 nitrogen and oxygen atoms in total. The Balaban J connectivity index is 1.65. The molecule has 162 valence electrons. The number of aromatic nitrogens is 8. The van der Waals surface area contributed by atoms with Crippen LogP contribution in [0.3, 0.4) is 0 Å². The lowest BCUT2D eigenvalue weighted by atomic mass is 10.2. The van der Waals surface area contributed by atoms with Crippen LogP contribution in [-0.4, -0.2) is 38.7 Å². The van der Waals surface area contributed by atoms with Gasteiger partial charge in [0.05, 0.1) is 17.8 Å². The highest BCUT2D eigenvalue weighted by molar-refractivity contribution is 5.89. The Hall–Kier alpha value is -3.95. The highest BCUT2D eigenvalue weighted by atomic mass is 16.2. The number of nitrogens with zero attached hydrogens (tertiary/aromatic N) is 7. The lowest BCUT2D eigenvalue weighted by molar-refractivity contribution is 0.571. The maximum absolute atomic E-state index is 13.3. The van der Waals surface area contributed by atoms with Crippen molar-refractivity contribution in [2.75, 3.05) is 0 Å². The van der Waals surface area contributed by atoms with Crippen LogP contribution in [0, 0.1) is 5.92 Å². The van der Waals surface area contributed by atoms with Crippen LogP contribution < -0.4 is 11.2 Å². The van der Waals surface area contributed by atoms with Gasteiger partial charge in [-0.1, -0.05) is 18.2 Å². The maximum atomic E-state index is 13.3. The molecule has 10 heteroatoms. The molecule has 1 fully saturated rings. The molecule has 0 atom stereocenters. The SMILES string of the molecule is Cn1ccnc1-c1c2c(=O)n(C)c(=O)n(CC3CC3)c2nn1Cc1[nH]nc2ccccc12. The van der Waals surface area contributed by atoms with Crippen molar-refractivity contribution in [1.82, 2.24) is 38.7 Å². The Morgan fingerprint density at radius 3 is 2.72 bits per heavy atom. The van der Waals surface area contributed by atoms with Crippen molar-refractivity contribution in [2.45, 2.75) is 25.9 Å². The summed E-state index contributed by atoms with van der Waals surface area (Å²) in [6, 6.07) is 7.84. The third-order valence-corrected chi connectivity index (χ3v) is 6.25. The van der Waals surface area contributed by atoms with Crippen LogP contribution in [0.4, 0.5) is 0 Å². The number of aromatic amines is 1. The normalized spacial score (nSPS) is 14.1. The summed E-state index contributed by atoms with van der Waals surface area (Å²) in [7, 11) is 3.40. The molecule has 32 heavy (non-hydrogen) atoms. The van der Waals surface area contributed by atoms with E-state index in [1.165, 1.54) is 11.6 Å². The van der Waals surface area contributed by atoms with Crippen LogP contribution in [0.2, 0.25) is 0 Å². The molecule has 0 aliphatic heterocycles. The number of nitrogens with one attached hydrogen (secondary N) is 1. The Morgan fingerprint density at radius 1 is 1.16 bits per heavy atom. The first-order chi connectivity index (χ1) is 15.5. The molecule has 0 unspecified atom stereocenters. The average Bonchev–Trinajstić information content (AvgIpc) is 3.19. The third kappa shape index (κ3) is 2.75. The first kappa shape index (κ1) is 18.8. The summed E-state index contributed by atoms with van der Waals surface area (Å²) in [4.78, 5) is 30.8. The van der Waals surface area contributed by atoms with Crippen LogP contribution >= 0.6 is 0 Å². The lowest BCUT2D eigenvalue weighted by Crippen LogP contribution is -2.38. The molecule has 1 saturated carbocycles. The van der Waals surface area contributed by atoms with Gasteiger partial charge in [-0.05, 0) is 24.8 Å². The third-order valence-electron chi connectivity index (χ3n) is 6.25. The standard InChI is InChI=1S/C22H22N8O2/c1-27-10-9-23-20(27)18-17-19(29(11-13-7-8-13)22(32)28(2)21(17)31)26-30(18)12-16-14-5-3-4-6-15(14)24-25-16/h3-6,9-10,13H,7-8,11-12H2,1-2H3,(H,24,25). The monoisotopic (exact) mass is 430 g/mol. The fourth-order valence-electron chi connectivity index (χ4n) is 4.30. The molecule has 0 saturated heterocycles. The molecule has 4 aromatic heterocycles. The molecule has 1 aliphatic rings. The smallest absolute Gasteiger partial charge is 0.332 e. The first-order valence-corrected chi connectivity index (χ1v) is 10.6. The number of rotatable bonds is 5. The Kier molecular flexibility index (Phi) is 3.98. The van der Waals surface area contributed by atoms with Gasteiger partial charge in [0.1, 0.15) is 11.1 Å². The van der Waals surface area contributed by atoms with Crippen molar-refractivity contribution in [3.8, 4) is 11.5 Å². The van der Waals surface area contributed by atoms with E-state index in [0.717, 1.165) is 29.4 Å². The predicted molar refractivity (Wildman–Crippen MR) is 119 cm³/mol. The summed E-state index contributed by atoms with van der Waals surface area (Å²) in [5.74, 6) is 1.07. The number of aryl methyl sites for hydroxylation is 1. The van der Waals surface area contributed by atoms with Crippen molar-refractivity contribution >= 4 is 21.9 Å². The maximum Gasteiger partial charge on any atom is 0.332 e. The van der Waals surface area contributed by atoms with Gasteiger partial charge in [-0.2, -0.15) is 10.2 Å². The highest BCUT2D eigenvalue weighted by Gasteiger charge is 2.28. The van der Waals surface area contributed by atoms with Crippen molar-refractivity contribution in [3.63, 3.8) is 0 Å². The van der Waals surface area contributed by atoms with Gasteiger partial charge in [-0.15, -0.1) is 0 Å². The van der Waals surface area contributed by atoms with Crippen LogP contribution in [-0.2, 0) is 27.2 Å². The molecule has 1 N–H and O–H groups in total. The minimum atomic E-state index is -0.365. The molecule has 4 heterocycles. The lowest BCUT2D eigenvalue weighted by Gasteiger charge is -2.08. The minimum Gasteiger partial charge on any atom is -0.333 e. The molecule has 1 aliphatic carbocycles. The topological polar surface area (TPSA) is 108 Å². The van der Waals surface area contributed by atoms with E-state index in [9.17, 15) is 9.59 Å². The Morgan fingerprint density at radius 2 is 1.97 bits per heavy atom. The molecule has 1 aromatic carbocycles. The van der Waals surface area contributed by atoms with E-state index in [4.69, 9.17) is 5.10 Å². The summed E-state index contributed by atoms with van der Waals surface area (Å²) in [5.41, 5.74) is 2.03. The summed E-state index contributed by atoms with van der Waals surface area (Å²) in [6.07, 6.45) is 5.69. The average molecular weight is 430 g/mol. The van der Waals surface area contributed by atoms with Crippen LogP contribution in [0.1, 0.15) is 18.5 Å². The number of hydrogen-bond donors (Lipinski definition) is 1. The molecule has 6 rings (SSSR count). The van der Waals surface area contributed by atoms with Gasteiger partial charge in [0.2, 0.25) is 0 Å². The molecule has 0 spiro atoms. The van der Waals surface area contributed by atoms with E-state index in [0.29, 0.717) is 41.6 Å². The molecular weight excluding hydrogens is 408 g/mol. The highest BCUT2D eigenvalue weighted by Crippen LogP contribution is 2.32. The fourth-order valence-corrected chi connectivity index (χ4v) is 4.30. The summed E-state index contributed by atoms with van der Waals surface area (Å²) < 4.78 is 6.43. The van der Waals surface area contributed by atoms with Gasteiger partial charge in [-0.25, -0.2) is 9.78 Å². The fraction of sp³-hybridized carbons (Fsp3) is 0.318. The second kappa shape index (κ2) is 6.78. The van der Waals surface area contributed by atoms with Gasteiger partial charge >= 0.3 is 5.69 Å². The molecule has 0 amide bonds. The molecule has 0 bridgehead atoms. The molecule has 0 radical (unpaired) electrons. The molecular formula is C22H22N8O2. The van der Waals surface area contributed by atoms with Gasteiger partial charge < -0.3 is 4.57 Å². The minimum absolute atomic E-state index is 0.336. The Bertz CT molecular complexity index is 1610. The van der Waals surface area contributed by atoms with Crippen LogP contribution in [0.5, 0.6) is 0 Å². The summed E-state index contributed by atoms with van der Waals surface area (Å²) in [6.45, 7) is 0.922. The van der Waals surface area contributed by atoms with E-state index in [-0.39, 0.29) is 11.2 Å². The largest absolute Gasteiger partial charge is 0.333 e. The Labute approximate surface area is 181 Å². The van der Waals surface area contributed by atoms with Crippen LogP contribution in [0.15, 0.2) is 46.2 Å². The zero-order valence-electron chi connectivity index (χ0n) is 17.8. The summed E-state index contributed by atoms with van der Waals surface area (Å²) >= 11 is 0. The molecule has 5 aromatic rings. The van der Waals surface area contributed by atoms with Crippen molar-refractivity contribution in [2.24, 2.45) is 20.0 Å². The van der Waals surface area contributed by atoms with E-state index >= 15 is 0 Å². The second-order valence-electron chi connectivity index (χ2n) is 8.49. The zero-order chi connectivity index (χ0) is 22.0. The van der Waals surface area contributed by atoms with Crippen LogP contribution in [0.25, 0.3) is 33.5 Å². The predicted octanol–water partition coefficient (Wildman–Crippen LogP) is 1.63. The van der Waals surface area contributed by atoms with E-state index in [1.54, 1.807) is 15.4 Å². The van der Waals surface area contributed by atoms with Crippen molar-refractivity contribution < 1.29 is 0 Å². The van der Waals surface area contributed by atoms with Gasteiger partial charge in [0.15, 0.2) is 11.5 Å². The quantitative estimate of drug-likeness (QED) is 0.456. The number of fused-ring (bicyclic) bond motifs is 2. The number of benzene rings is 1. The van der Waals surface area contributed by atoms with E-state index in [2.05, 4.69) is 15.2 Å². The number of imidazole rings is 1. The number of hydrogen-bond acceptors (Lipinski definition) is 5. The first-order valence-electron chi connectivity index (χ1n) is 10.6. The van der Waals surface area contributed by atoms with Crippen molar-refractivity contribution in [1.29, 1.82) is 0 Å². The summed E-state index contributed by atoms with van der Waals surface area (Å²) in [5, 5.41) is 13.7. The van der Waals surface area contributed by atoms with Crippen molar-refractivity contribution in [3.05, 3.63) is 63.2 Å². The van der Waals surface area contributed by atoms with Gasteiger partial charge in [0.25, 0.3) is 5.56 Å². The van der Waals surface area contributed by atoms with E-state index in [1.807, 2.05) is 42.1 Å². The van der Waals surface area contributed by atoms with Gasteiger partial charge in [-0.3, -0.25) is 23.7 Å². The number of H-pyrrole nitrogens is 1. The van der Waals surface area contributed by atoms with Gasteiger partial charge in [0, 0.05) is 38.4 Å². The van der Waals surface area contributed by atoms with E-state index < -0.39 is 0 Å². The zero-order valence-corrected chi connectivity index (χ0v) is 17.8. The second-order valence-corrected chi connectivity index (χ2v) is 8.49. The number of para-hydroxylation sites is 1.